The Labute approximate surface area is 125 Å². The van der Waals surface area contributed by atoms with E-state index in [0.29, 0.717) is 22.6 Å². The maximum absolute atomic E-state index is 12.0. The van der Waals surface area contributed by atoms with Crippen LogP contribution in [0.4, 0.5) is 0 Å². The van der Waals surface area contributed by atoms with Gasteiger partial charge < -0.3 is 14.2 Å². The van der Waals surface area contributed by atoms with Crippen molar-refractivity contribution < 1.29 is 23.2 Å². The number of methoxy groups -OCH3 is 3. The highest BCUT2D eigenvalue weighted by atomic mass is 32.2. The summed E-state index contributed by atoms with van der Waals surface area (Å²) in [6.45, 7) is 0. The molecule has 0 amide bonds. The minimum atomic E-state index is -2.20. The van der Waals surface area contributed by atoms with Gasteiger partial charge in [-0.2, -0.15) is 0 Å². The molecule has 0 saturated carbocycles. The molecule has 1 aromatic rings. The van der Waals surface area contributed by atoms with Crippen molar-refractivity contribution in [3.63, 3.8) is 0 Å². The number of ether oxygens (including phenoxy) is 3. The number of hydrogen-bond acceptors (Lipinski definition) is 5. The van der Waals surface area contributed by atoms with E-state index in [9.17, 15) is 9.00 Å². The van der Waals surface area contributed by atoms with Gasteiger partial charge in [-0.3, -0.25) is 4.21 Å². The normalized spacial score (nSPS) is 11.8. The lowest BCUT2D eigenvalue weighted by atomic mass is 10.1. The fourth-order valence-corrected chi connectivity index (χ4v) is 2.47. The molecule has 0 radical (unpaired) electrons. The quantitative estimate of drug-likeness (QED) is 0.469. The molecule has 116 valence electrons. The lowest BCUT2D eigenvalue weighted by molar-refractivity contribution is -0.134. The zero-order chi connectivity index (χ0) is 16.0. The molecule has 0 atom stereocenters. The first-order valence-electron chi connectivity index (χ1n) is 6.11. The van der Waals surface area contributed by atoms with E-state index in [1.165, 1.54) is 32.8 Å². The van der Waals surface area contributed by atoms with Crippen LogP contribution in [0, 0.1) is 0 Å². The van der Waals surface area contributed by atoms with Gasteiger partial charge in [0, 0.05) is 24.7 Å². The van der Waals surface area contributed by atoms with E-state index in [2.05, 4.69) is 4.74 Å². The van der Waals surface area contributed by atoms with E-state index >= 15 is 0 Å². The zero-order valence-electron chi connectivity index (χ0n) is 12.8. The molecule has 0 spiro atoms. The van der Waals surface area contributed by atoms with Crippen molar-refractivity contribution in [3.8, 4) is 11.5 Å². The highest BCUT2D eigenvalue weighted by molar-refractivity contribution is 8.00. The summed E-state index contributed by atoms with van der Waals surface area (Å²) in [5.74, 6) is 0.631. The van der Waals surface area contributed by atoms with Crippen LogP contribution in [0.1, 0.15) is 5.56 Å². The molecule has 0 unspecified atom stereocenters. The lowest BCUT2D eigenvalue weighted by Gasteiger charge is -2.10. The third kappa shape index (κ3) is 5.51. The number of rotatable bonds is 5. The smallest absolute Gasteiger partial charge is 0.331 e. The molecule has 6 heteroatoms. The van der Waals surface area contributed by atoms with Crippen LogP contribution < -0.4 is 9.47 Å². The van der Waals surface area contributed by atoms with Crippen molar-refractivity contribution in [2.45, 2.75) is 0 Å². The molecule has 0 N–H and O–H groups in total. The van der Waals surface area contributed by atoms with Crippen molar-refractivity contribution in [1.29, 1.82) is 0 Å². The maximum Gasteiger partial charge on any atom is 0.331 e. The predicted octanol–water partition coefficient (Wildman–Crippen LogP) is 1.61. The van der Waals surface area contributed by atoms with Gasteiger partial charge in [0.15, 0.2) is 0 Å². The number of hydrogen-bond donors (Lipinski definition) is 0. The largest absolute Gasteiger partial charge is 0.497 e. The Kier molecular flexibility index (Phi) is 5.84. The summed E-state index contributed by atoms with van der Waals surface area (Å²) in [4.78, 5) is 11.5. The Balaban J connectivity index is 3.49. The molecule has 0 fully saturated rings. The van der Waals surface area contributed by atoms with Crippen LogP contribution in [-0.2, 0) is 19.1 Å². The van der Waals surface area contributed by atoms with Crippen LogP contribution in [0.3, 0.4) is 0 Å². The Hall–Kier alpha value is -1.95. The van der Waals surface area contributed by atoms with E-state index < -0.39 is 15.5 Å². The predicted molar refractivity (Wildman–Crippen MR) is 85.6 cm³/mol. The first-order valence-corrected chi connectivity index (χ1v) is 8.55. The number of esters is 1. The van der Waals surface area contributed by atoms with E-state index in [4.69, 9.17) is 9.47 Å². The monoisotopic (exact) mass is 312 g/mol. The van der Waals surface area contributed by atoms with Crippen molar-refractivity contribution in [3.05, 3.63) is 29.8 Å². The Morgan fingerprint density at radius 1 is 1.05 bits per heavy atom. The molecule has 0 aromatic heterocycles. The van der Waals surface area contributed by atoms with Crippen LogP contribution in [0.2, 0.25) is 0 Å². The first-order chi connectivity index (χ1) is 9.78. The maximum atomic E-state index is 12.0. The van der Waals surface area contributed by atoms with E-state index in [0.717, 1.165) is 0 Å². The fraction of sp³-hybridized carbons (Fsp3) is 0.333. The molecule has 5 nitrogen and oxygen atoms in total. The second-order valence-corrected chi connectivity index (χ2v) is 7.51. The van der Waals surface area contributed by atoms with Crippen LogP contribution in [0.5, 0.6) is 11.5 Å². The van der Waals surface area contributed by atoms with Gasteiger partial charge in [-0.25, -0.2) is 4.79 Å². The fourth-order valence-electron chi connectivity index (χ4n) is 1.65. The second-order valence-electron chi connectivity index (χ2n) is 4.65. The molecular formula is C15H20O5S. The minimum absolute atomic E-state index is 0.494. The summed E-state index contributed by atoms with van der Waals surface area (Å²) in [7, 11) is 2.17. The van der Waals surface area contributed by atoms with Gasteiger partial charge in [-0.1, -0.05) is 0 Å². The SMILES string of the molecule is COC(=O)/C=C(\C=S(C)(C)=O)c1cc(OC)cc(OC)c1. The first kappa shape index (κ1) is 17.1. The number of allylic oxidation sites excluding steroid dienone is 1. The summed E-state index contributed by atoms with van der Waals surface area (Å²) >= 11 is 0. The van der Waals surface area contributed by atoms with E-state index in [1.807, 2.05) is 0 Å². The summed E-state index contributed by atoms with van der Waals surface area (Å²) in [6.07, 6.45) is 4.48. The zero-order valence-corrected chi connectivity index (χ0v) is 13.7. The Morgan fingerprint density at radius 2 is 1.57 bits per heavy atom. The average Bonchev–Trinajstić information content (AvgIpc) is 2.44. The summed E-state index contributed by atoms with van der Waals surface area (Å²) in [6, 6.07) is 5.19. The van der Waals surface area contributed by atoms with Crippen LogP contribution in [0.15, 0.2) is 24.3 Å². The standard InChI is InChI=1S/C15H20O5S/c1-18-13-6-11(7-14(9-13)19-2)12(8-15(16)20-3)10-21(4,5)17/h6-10H,1-5H3/b12-8+. The van der Waals surface area contributed by atoms with Gasteiger partial charge in [0.1, 0.15) is 11.5 Å². The van der Waals surface area contributed by atoms with Crippen LogP contribution in [-0.4, -0.2) is 49.4 Å². The van der Waals surface area contributed by atoms with Gasteiger partial charge in [0.25, 0.3) is 0 Å². The summed E-state index contributed by atoms with van der Waals surface area (Å²) in [5.41, 5.74) is 1.15. The number of carbonyl (C=O) groups is 1. The third-order valence-corrected chi connectivity index (χ3v) is 3.39. The summed E-state index contributed by atoms with van der Waals surface area (Å²) < 4.78 is 27.1. The molecule has 21 heavy (non-hydrogen) atoms. The lowest BCUT2D eigenvalue weighted by Crippen LogP contribution is -2.04. The van der Waals surface area contributed by atoms with Gasteiger partial charge in [0.05, 0.1) is 21.3 Å². The molecule has 1 aromatic carbocycles. The second kappa shape index (κ2) is 7.17. The van der Waals surface area contributed by atoms with E-state index in [1.54, 1.807) is 30.7 Å². The molecule has 1 rings (SSSR count). The third-order valence-electron chi connectivity index (χ3n) is 2.57. The Morgan fingerprint density at radius 3 is 1.95 bits per heavy atom. The highest BCUT2D eigenvalue weighted by Crippen LogP contribution is 2.26. The topological polar surface area (TPSA) is 61.8 Å². The molecular weight excluding hydrogens is 292 g/mol. The van der Waals surface area contributed by atoms with Crippen LogP contribution >= 0.6 is 0 Å². The molecule has 0 aliphatic heterocycles. The number of benzene rings is 1. The van der Waals surface area contributed by atoms with Crippen molar-refractivity contribution >= 4 is 26.4 Å². The minimum Gasteiger partial charge on any atom is -0.497 e. The van der Waals surface area contributed by atoms with Gasteiger partial charge in [0.2, 0.25) is 0 Å². The van der Waals surface area contributed by atoms with Crippen molar-refractivity contribution in [1.82, 2.24) is 0 Å². The summed E-state index contributed by atoms with van der Waals surface area (Å²) in [5, 5.41) is 1.54. The molecule has 0 saturated heterocycles. The van der Waals surface area contributed by atoms with Crippen molar-refractivity contribution in [2.24, 2.45) is 0 Å². The van der Waals surface area contributed by atoms with Crippen molar-refractivity contribution in [2.75, 3.05) is 33.8 Å². The average molecular weight is 312 g/mol. The molecule has 0 heterocycles. The van der Waals surface area contributed by atoms with Crippen LogP contribution in [0.25, 0.3) is 5.57 Å². The van der Waals surface area contributed by atoms with E-state index in [-0.39, 0.29) is 0 Å². The highest BCUT2D eigenvalue weighted by Gasteiger charge is 2.09. The molecule has 0 bridgehead atoms. The van der Waals surface area contributed by atoms with Gasteiger partial charge in [-0.05, 0) is 38.2 Å². The number of carbonyl (C=O) groups excluding carboxylic acids is 1. The molecule has 0 aliphatic carbocycles. The Bertz CT molecular complexity index is 636. The molecule has 0 aliphatic rings. The van der Waals surface area contributed by atoms with Gasteiger partial charge >= 0.3 is 5.97 Å². The van der Waals surface area contributed by atoms with Gasteiger partial charge in [-0.15, -0.1) is 0 Å².